The predicted molar refractivity (Wildman–Crippen MR) is 81.7 cm³/mol. The monoisotopic (exact) mass is 336 g/mol. The van der Waals surface area contributed by atoms with E-state index in [1.165, 1.54) is 37.3 Å². The maximum atomic E-state index is 12.3. The zero-order valence-electron chi connectivity index (χ0n) is 11.9. The van der Waals surface area contributed by atoms with Gasteiger partial charge < -0.3 is 9.50 Å². The summed E-state index contributed by atoms with van der Waals surface area (Å²) in [7, 11) is -4.21. The summed E-state index contributed by atoms with van der Waals surface area (Å²) in [4.78, 5) is 20.9. The third-order valence-electron chi connectivity index (χ3n) is 2.72. The smallest absolute Gasteiger partial charge is 0.341 e. The Hall–Kier alpha value is -2.94. The van der Waals surface area contributed by atoms with Gasteiger partial charge in [0, 0.05) is 19.1 Å². The van der Waals surface area contributed by atoms with Crippen LogP contribution in [0.1, 0.15) is 6.92 Å². The van der Waals surface area contributed by atoms with Crippen molar-refractivity contribution in [2.24, 2.45) is 0 Å². The number of carbonyl (C=O) groups excluding carboxylic acids is 1. The van der Waals surface area contributed by atoms with Crippen molar-refractivity contribution >= 4 is 27.4 Å². The number of hydrogen-bond donors (Lipinski definition) is 1. The van der Waals surface area contributed by atoms with Crippen molar-refractivity contribution in [2.75, 3.05) is 5.32 Å². The van der Waals surface area contributed by atoms with Gasteiger partial charge in [0.15, 0.2) is 0 Å². The van der Waals surface area contributed by atoms with Crippen LogP contribution in [0.15, 0.2) is 53.4 Å². The third kappa shape index (κ3) is 4.04. The van der Waals surface area contributed by atoms with Gasteiger partial charge in [-0.2, -0.15) is 8.42 Å². The van der Waals surface area contributed by atoms with Crippen LogP contribution in [0.25, 0.3) is 0 Å². The molecule has 0 heterocycles. The van der Waals surface area contributed by atoms with Crippen LogP contribution in [0.3, 0.4) is 0 Å². The Morgan fingerprint density at radius 2 is 1.74 bits per heavy atom. The summed E-state index contributed by atoms with van der Waals surface area (Å²) in [6.07, 6.45) is 0. The molecule has 0 fully saturated rings. The summed E-state index contributed by atoms with van der Waals surface area (Å²) in [6, 6.07) is 10.4. The molecule has 2 aromatic carbocycles. The lowest BCUT2D eigenvalue weighted by Gasteiger charge is -2.11. The molecular formula is C14H12N2O6S. The lowest BCUT2D eigenvalue weighted by atomic mass is 10.3. The van der Waals surface area contributed by atoms with Gasteiger partial charge in [-0.15, -0.1) is 0 Å². The van der Waals surface area contributed by atoms with E-state index < -0.39 is 20.9 Å². The number of amides is 1. The molecule has 0 bridgehead atoms. The number of benzene rings is 2. The Kier molecular flexibility index (Phi) is 4.60. The number of para-hydroxylation sites is 1. The summed E-state index contributed by atoms with van der Waals surface area (Å²) in [5.74, 6) is -0.504. The molecule has 120 valence electrons. The highest BCUT2D eigenvalue weighted by Gasteiger charge is 2.21. The number of anilines is 1. The first-order chi connectivity index (χ1) is 10.8. The Morgan fingerprint density at radius 1 is 1.13 bits per heavy atom. The Bertz CT molecular complexity index is 846. The first-order valence-corrected chi connectivity index (χ1v) is 7.76. The Labute approximate surface area is 132 Å². The van der Waals surface area contributed by atoms with Crippen LogP contribution in [0.4, 0.5) is 11.4 Å². The molecule has 0 radical (unpaired) electrons. The zero-order valence-corrected chi connectivity index (χ0v) is 12.7. The van der Waals surface area contributed by atoms with Crippen LogP contribution >= 0.6 is 0 Å². The first kappa shape index (κ1) is 16.4. The second-order valence-electron chi connectivity index (χ2n) is 4.47. The summed E-state index contributed by atoms with van der Waals surface area (Å²) >= 11 is 0. The minimum atomic E-state index is -4.21. The number of nitrogens with zero attached hydrogens (tertiary/aromatic N) is 1. The second kappa shape index (κ2) is 6.44. The summed E-state index contributed by atoms with van der Waals surface area (Å²) in [6.45, 7) is 1.25. The molecule has 0 spiro atoms. The van der Waals surface area contributed by atoms with E-state index in [0.717, 1.165) is 12.1 Å². The molecule has 1 amide bonds. The molecule has 8 nitrogen and oxygen atoms in total. The number of nitro groups is 1. The molecule has 0 unspecified atom stereocenters. The molecule has 0 aliphatic heterocycles. The van der Waals surface area contributed by atoms with Crippen molar-refractivity contribution in [1.29, 1.82) is 0 Å². The standard InChI is InChI=1S/C14H12N2O6S/c1-10(17)15-13-4-2-3-5-14(13)23(20,21)22-12-8-6-11(7-9-12)16(18)19/h2-9H,1H3,(H,15,17). The van der Waals surface area contributed by atoms with Crippen molar-refractivity contribution in [1.82, 2.24) is 0 Å². The topological polar surface area (TPSA) is 116 Å². The molecule has 9 heteroatoms. The maximum Gasteiger partial charge on any atom is 0.341 e. The van der Waals surface area contributed by atoms with Crippen molar-refractivity contribution < 1.29 is 22.3 Å². The predicted octanol–water partition coefficient (Wildman–Crippen LogP) is 2.32. The second-order valence-corrected chi connectivity index (χ2v) is 5.98. The van der Waals surface area contributed by atoms with Crippen LogP contribution in [0, 0.1) is 10.1 Å². The molecule has 1 N–H and O–H groups in total. The quantitative estimate of drug-likeness (QED) is 0.509. The van der Waals surface area contributed by atoms with Crippen LogP contribution < -0.4 is 9.50 Å². The first-order valence-electron chi connectivity index (χ1n) is 6.35. The highest BCUT2D eigenvalue weighted by atomic mass is 32.2. The van der Waals surface area contributed by atoms with Crippen LogP contribution in [0.2, 0.25) is 0 Å². The lowest BCUT2D eigenvalue weighted by Crippen LogP contribution is -2.15. The van der Waals surface area contributed by atoms with Crippen LogP contribution in [-0.4, -0.2) is 19.2 Å². The third-order valence-corrected chi connectivity index (χ3v) is 4.03. The number of nitrogens with one attached hydrogen (secondary N) is 1. The number of carbonyl (C=O) groups is 1. The Morgan fingerprint density at radius 3 is 2.30 bits per heavy atom. The van der Waals surface area contributed by atoms with E-state index in [4.69, 9.17) is 4.18 Å². The Balaban J connectivity index is 2.32. The van der Waals surface area contributed by atoms with Gasteiger partial charge in [-0.1, -0.05) is 12.1 Å². The van der Waals surface area contributed by atoms with Gasteiger partial charge in [0.05, 0.1) is 10.6 Å². The van der Waals surface area contributed by atoms with E-state index in [1.807, 2.05) is 0 Å². The maximum absolute atomic E-state index is 12.3. The van der Waals surface area contributed by atoms with Gasteiger partial charge in [-0.3, -0.25) is 14.9 Å². The summed E-state index contributed by atoms with van der Waals surface area (Å²) in [5.41, 5.74) is -0.102. The van der Waals surface area contributed by atoms with E-state index in [-0.39, 0.29) is 22.0 Å². The van der Waals surface area contributed by atoms with Crippen molar-refractivity contribution in [2.45, 2.75) is 11.8 Å². The molecule has 0 saturated carbocycles. The molecule has 0 aliphatic rings. The van der Waals surface area contributed by atoms with Gasteiger partial charge >= 0.3 is 10.1 Å². The normalized spacial score (nSPS) is 10.8. The molecule has 23 heavy (non-hydrogen) atoms. The van der Waals surface area contributed by atoms with E-state index in [1.54, 1.807) is 6.07 Å². The van der Waals surface area contributed by atoms with E-state index in [0.29, 0.717) is 0 Å². The van der Waals surface area contributed by atoms with Gasteiger partial charge in [0.2, 0.25) is 5.91 Å². The van der Waals surface area contributed by atoms with E-state index in [9.17, 15) is 23.3 Å². The van der Waals surface area contributed by atoms with Gasteiger partial charge in [0.1, 0.15) is 10.6 Å². The summed E-state index contributed by atoms with van der Waals surface area (Å²) in [5, 5.41) is 13.0. The molecule has 2 aromatic rings. The molecule has 0 saturated heterocycles. The van der Waals surface area contributed by atoms with Crippen molar-refractivity contribution in [3.8, 4) is 5.75 Å². The fourth-order valence-electron chi connectivity index (χ4n) is 1.77. The van der Waals surface area contributed by atoms with E-state index >= 15 is 0 Å². The SMILES string of the molecule is CC(=O)Nc1ccccc1S(=O)(=O)Oc1ccc([N+](=O)[O-])cc1. The highest BCUT2D eigenvalue weighted by molar-refractivity contribution is 7.87. The highest BCUT2D eigenvalue weighted by Crippen LogP contribution is 2.26. The van der Waals surface area contributed by atoms with Crippen LogP contribution in [0.5, 0.6) is 5.75 Å². The zero-order chi connectivity index (χ0) is 17.0. The molecule has 0 atom stereocenters. The molecule has 0 aliphatic carbocycles. The van der Waals surface area contributed by atoms with E-state index in [2.05, 4.69) is 5.32 Å². The minimum Gasteiger partial charge on any atom is -0.379 e. The van der Waals surface area contributed by atoms with Gasteiger partial charge in [-0.05, 0) is 24.3 Å². The average molecular weight is 336 g/mol. The van der Waals surface area contributed by atoms with Gasteiger partial charge in [-0.25, -0.2) is 0 Å². The van der Waals surface area contributed by atoms with Crippen LogP contribution in [-0.2, 0) is 14.9 Å². The number of non-ortho nitro benzene ring substituents is 1. The fraction of sp³-hybridized carbons (Fsp3) is 0.0714. The molecular weight excluding hydrogens is 324 g/mol. The average Bonchev–Trinajstić information content (AvgIpc) is 2.47. The molecule has 0 aromatic heterocycles. The lowest BCUT2D eigenvalue weighted by molar-refractivity contribution is -0.384. The number of nitro benzene ring substituents is 1. The fourth-order valence-corrected chi connectivity index (χ4v) is 2.86. The van der Waals surface area contributed by atoms with Crippen molar-refractivity contribution in [3.63, 3.8) is 0 Å². The van der Waals surface area contributed by atoms with Gasteiger partial charge in [0.25, 0.3) is 5.69 Å². The minimum absolute atomic E-state index is 0.0757. The molecule has 2 rings (SSSR count). The largest absolute Gasteiger partial charge is 0.379 e. The van der Waals surface area contributed by atoms with Crippen molar-refractivity contribution in [3.05, 3.63) is 58.6 Å². The number of hydrogen-bond acceptors (Lipinski definition) is 6. The summed E-state index contributed by atoms with van der Waals surface area (Å²) < 4.78 is 29.6. The number of rotatable bonds is 5.